The van der Waals surface area contributed by atoms with E-state index in [1.54, 1.807) is 36.2 Å². The number of ether oxygens (including phenoxy) is 6. The molecule has 4 aliphatic rings. The van der Waals surface area contributed by atoms with E-state index in [1.165, 1.54) is 26.0 Å². The molecule has 1 aromatic rings. The van der Waals surface area contributed by atoms with Gasteiger partial charge in [0.25, 0.3) is 0 Å². The van der Waals surface area contributed by atoms with Gasteiger partial charge in [0, 0.05) is 38.7 Å². The molecule has 1 aliphatic carbocycles. The number of imidazole rings is 1. The van der Waals surface area contributed by atoms with E-state index in [9.17, 15) is 24.6 Å². The average Bonchev–Trinajstić information content (AvgIpc) is 3.60. The quantitative estimate of drug-likeness (QED) is 0.169. The lowest BCUT2D eigenvalue weighted by Gasteiger charge is -2.41. The first-order chi connectivity index (χ1) is 23.1. The third kappa shape index (κ3) is 8.24. The molecule has 1 fully saturated rings. The molecule has 0 amide bonds. The van der Waals surface area contributed by atoms with Crippen LogP contribution in [-0.4, -0.2) is 93.0 Å². The largest absolute Gasteiger partial charge is 0.457 e. The van der Waals surface area contributed by atoms with Crippen molar-refractivity contribution in [3.05, 3.63) is 59.7 Å². The Kier molecular flexibility index (Phi) is 11.0. The molecular formula is C36H48N2O11. The third-order valence-electron chi connectivity index (χ3n) is 9.90. The molecule has 13 heteroatoms. The molecule has 1 aromatic heterocycles. The number of nitrogens with zero attached hydrogens (tertiary/aromatic N) is 2. The SMILES string of the molecule is CC(=O)OC1COC(OC/C2=C/C3C(CC(OC(=O)/C=C/c4cn(C)cn4)C4(C)C=CC2(O)O4)C(C)=CCC3C(C)C)C(OC(C)=O)C1O. The highest BCUT2D eigenvalue weighted by Crippen LogP contribution is 2.49. The van der Waals surface area contributed by atoms with Crippen LogP contribution in [0.25, 0.3) is 6.08 Å². The summed E-state index contributed by atoms with van der Waals surface area (Å²) >= 11 is 0. The molecule has 1 saturated heterocycles. The number of hydrogen-bond acceptors (Lipinski definition) is 12. The van der Waals surface area contributed by atoms with Gasteiger partial charge in [0.15, 0.2) is 18.5 Å². The first-order valence-corrected chi connectivity index (χ1v) is 16.7. The van der Waals surface area contributed by atoms with Gasteiger partial charge in [-0.05, 0) is 68.6 Å². The molecule has 49 heavy (non-hydrogen) atoms. The van der Waals surface area contributed by atoms with Gasteiger partial charge in [0.2, 0.25) is 5.79 Å². The summed E-state index contributed by atoms with van der Waals surface area (Å²) in [6, 6.07) is 0. The zero-order chi connectivity index (χ0) is 35.7. The number of carbonyl (C=O) groups excluding carboxylic acids is 3. The highest BCUT2D eigenvalue weighted by atomic mass is 16.7. The summed E-state index contributed by atoms with van der Waals surface area (Å²) in [6.45, 7) is 10.1. The first kappa shape index (κ1) is 36.7. The number of rotatable bonds is 9. The number of fused-ring (bicyclic) bond motifs is 3. The number of aromatic nitrogens is 2. The Morgan fingerprint density at radius 1 is 1.16 bits per heavy atom. The van der Waals surface area contributed by atoms with Crippen LogP contribution in [0.3, 0.4) is 0 Å². The van der Waals surface area contributed by atoms with Crippen molar-refractivity contribution < 1.29 is 53.0 Å². The second-order valence-electron chi connectivity index (χ2n) is 14.0. The van der Waals surface area contributed by atoms with Crippen molar-refractivity contribution in [3.8, 4) is 0 Å². The summed E-state index contributed by atoms with van der Waals surface area (Å²) in [5, 5.41) is 23.1. The molecule has 10 unspecified atom stereocenters. The van der Waals surface area contributed by atoms with E-state index in [0.717, 1.165) is 12.0 Å². The van der Waals surface area contributed by atoms with Crippen molar-refractivity contribution in [2.75, 3.05) is 13.2 Å². The molecule has 268 valence electrons. The molecule has 2 bridgehead atoms. The van der Waals surface area contributed by atoms with E-state index in [-0.39, 0.29) is 36.9 Å². The van der Waals surface area contributed by atoms with E-state index >= 15 is 0 Å². The van der Waals surface area contributed by atoms with E-state index < -0.39 is 60.0 Å². The highest BCUT2D eigenvalue weighted by molar-refractivity contribution is 5.86. The summed E-state index contributed by atoms with van der Waals surface area (Å²) in [4.78, 5) is 41.0. The lowest BCUT2D eigenvalue weighted by molar-refractivity contribution is -0.278. The average molecular weight is 685 g/mol. The molecule has 2 N–H and O–H groups in total. The number of aryl methyl sites for hydroxylation is 1. The minimum absolute atomic E-state index is 0.0588. The molecule has 0 radical (unpaired) electrons. The fourth-order valence-corrected chi connectivity index (χ4v) is 7.25. The Bertz CT molecular complexity index is 1530. The van der Waals surface area contributed by atoms with Crippen molar-refractivity contribution in [3.63, 3.8) is 0 Å². The molecular weight excluding hydrogens is 636 g/mol. The number of allylic oxidation sites excluding steroid dienone is 3. The Hall–Kier alpha value is -3.62. The number of esters is 3. The number of aliphatic hydroxyl groups excluding tert-OH is 1. The Morgan fingerprint density at radius 2 is 1.90 bits per heavy atom. The van der Waals surface area contributed by atoms with Crippen molar-refractivity contribution >= 4 is 24.0 Å². The van der Waals surface area contributed by atoms with Crippen molar-refractivity contribution in [2.45, 2.75) is 96.5 Å². The molecule has 5 rings (SSSR count). The van der Waals surface area contributed by atoms with Gasteiger partial charge in [-0.1, -0.05) is 31.6 Å². The third-order valence-corrected chi connectivity index (χ3v) is 9.90. The number of hydrogen-bond donors (Lipinski definition) is 2. The van der Waals surface area contributed by atoms with Crippen LogP contribution in [0.1, 0.15) is 60.1 Å². The summed E-state index contributed by atoms with van der Waals surface area (Å²) in [6.07, 6.45) is 9.25. The van der Waals surface area contributed by atoms with Gasteiger partial charge < -0.3 is 43.2 Å². The molecule has 3 aliphatic heterocycles. The van der Waals surface area contributed by atoms with Crippen molar-refractivity contribution in [1.29, 1.82) is 0 Å². The molecule has 0 saturated carbocycles. The second-order valence-corrected chi connectivity index (χ2v) is 14.0. The van der Waals surface area contributed by atoms with Crippen LogP contribution in [0.4, 0.5) is 0 Å². The summed E-state index contributed by atoms with van der Waals surface area (Å²) in [7, 11) is 1.84. The van der Waals surface area contributed by atoms with Gasteiger partial charge in [-0.3, -0.25) is 9.59 Å². The van der Waals surface area contributed by atoms with Crippen LogP contribution in [0.5, 0.6) is 0 Å². The van der Waals surface area contributed by atoms with Crippen LogP contribution in [0.15, 0.2) is 54.1 Å². The van der Waals surface area contributed by atoms with Gasteiger partial charge in [-0.15, -0.1) is 0 Å². The first-order valence-electron chi connectivity index (χ1n) is 16.7. The van der Waals surface area contributed by atoms with Gasteiger partial charge in [-0.2, -0.15) is 0 Å². The number of aliphatic hydroxyl groups is 2. The van der Waals surface area contributed by atoms with Crippen molar-refractivity contribution in [2.24, 2.45) is 30.7 Å². The van der Waals surface area contributed by atoms with Gasteiger partial charge in [0.1, 0.15) is 17.8 Å². The number of carbonyl (C=O) groups is 3. The summed E-state index contributed by atoms with van der Waals surface area (Å²) in [5.74, 6) is -3.51. The fourth-order valence-electron chi connectivity index (χ4n) is 7.25. The molecule has 0 spiro atoms. The van der Waals surface area contributed by atoms with E-state index in [0.29, 0.717) is 17.7 Å². The van der Waals surface area contributed by atoms with Crippen LogP contribution in [-0.2, 0) is 49.9 Å². The van der Waals surface area contributed by atoms with Gasteiger partial charge >= 0.3 is 17.9 Å². The summed E-state index contributed by atoms with van der Waals surface area (Å²) in [5.41, 5.74) is 0.924. The zero-order valence-corrected chi connectivity index (χ0v) is 29.1. The zero-order valence-electron chi connectivity index (χ0n) is 29.1. The Balaban J connectivity index is 1.45. The second kappa shape index (κ2) is 14.7. The lowest BCUT2D eigenvalue weighted by atomic mass is 9.65. The van der Waals surface area contributed by atoms with Gasteiger partial charge in [0.05, 0.1) is 25.2 Å². The van der Waals surface area contributed by atoms with Gasteiger partial charge in [-0.25, -0.2) is 9.78 Å². The van der Waals surface area contributed by atoms with Crippen LogP contribution in [0, 0.1) is 23.7 Å². The van der Waals surface area contributed by atoms with E-state index in [2.05, 4.69) is 31.8 Å². The van der Waals surface area contributed by atoms with Crippen LogP contribution in [0.2, 0.25) is 0 Å². The van der Waals surface area contributed by atoms with Crippen LogP contribution >= 0.6 is 0 Å². The van der Waals surface area contributed by atoms with Crippen molar-refractivity contribution in [1.82, 2.24) is 9.55 Å². The maximum atomic E-state index is 13.2. The van der Waals surface area contributed by atoms with E-state index in [4.69, 9.17) is 28.4 Å². The Morgan fingerprint density at radius 3 is 2.55 bits per heavy atom. The minimum atomic E-state index is -1.95. The maximum Gasteiger partial charge on any atom is 0.331 e. The standard InChI is InChI=1S/C36H48N2O11/c1-20(2)26-10-8-21(3)27-15-30(48-31(41)11-9-25-16-38(7)19-37-25)35(6)12-13-36(43,49-35)24(14-28(26)27)17-44-34-33(47-23(5)40)32(42)29(18-45-34)46-22(4)39/h8-9,11-14,16,19-20,26-30,32-34,42-43H,10,15,17-18H2,1-7H3/b11-9+,24-14-. The smallest absolute Gasteiger partial charge is 0.331 e. The fraction of sp³-hybridized carbons (Fsp3) is 0.611. The Labute approximate surface area is 286 Å². The van der Waals surface area contributed by atoms with Crippen LogP contribution < -0.4 is 0 Å². The predicted molar refractivity (Wildman–Crippen MR) is 175 cm³/mol. The summed E-state index contributed by atoms with van der Waals surface area (Å²) < 4.78 is 36.8. The molecule has 4 heterocycles. The monoisotopic (exact) mass is 684 g/mol. The van der Waals surface area contributed by atoms with E-state index in [1.807, 2.05) is 13.1 Å². The molecule has 13 nitrogen and oxygen atoms in total. The normalized spacial score (nSPS) is 36.9. The topological polar surface area (TPSA) is 165 Å². The molecule has 0 aromatic carbocycles. The molecule has 10 atom stereocenters. The highest BCUT2D eigenvalue weighted by Gasteiger charge is 2.53. The lowest BCUT2D eigenvalue weighted by Crippen LogP contribution is -2.56. The minimum Gasteiger partial charge on any atom is -0.457 e. The maximum absolute atomic E-state index is 13.2. The predicted octanol–water partition coefficient (Wildman–Crippen LogP) is 3.16.